The van der Waals surface area contributed by atoms with Crippen LogP contribution < -0.4 is 5.32 Å². The van der Waals surface area contributed by atoms with Gasteiger partial charge in [-0.05, 0) is 26.0 Å². The second-order valence-corrected chi connectivity index (χ2v) is 5.04. The van der Waals surface area contributed by atoms with Gasteiger partial charge in [0.2, 0.25) is 0 Å². The number of carboxylic acids is 1. The standard InChI is InChI=1S/C14H16N2O3/c1-14(2,19)8-15-12-7-10(13(17)18)9-5-3-4-6-11(9)16-12/h3-7,19H,8H2,1-2H3,(H,15,16)(H,17,18). The van der Waals surface area contributed by atoms with Crippen LogP contribution in [0.3, 0.4) is 0 Å². The van der Waals surface area contributed by atoms with E-state index in [1.165, 1.54) is 6.07 Å². The Morgan fingerprint density at radius 3 is 2.68 bits per heavy atom. The van der Waals surface area contributed by atoms with Crippen LogP contribution >= 0.6 is 0 Å². The first kappa shape index (κ1) is 13.3. The summed E-state index contributed by atoms with van der Waals surface area (Å²) in [5, 5.41) is 22.4. The summed E-state index contributed by atoms with van der Waals surface area (Å²) in [5.74, 6) is -0.553. The largest absolute Gasteiger partial charge is 0.478 e. The van der Waals surface area contributed by atoms with Crippen LogP contribution in [0.2, 0.25) is 0 Å². The van der Waals surface area contributed by atoms with Gasteiger partial charge in [0.05, 0.1) is 16.7 Å². The lowest BCUT2D eigenvalue weighted by atomic mass is 10.1. The highest BCUT2D eigenvalue weighted by Crippen LogP contribution is 2.21. The van der Waals surface area contributed by atoms with Gasteiger partial charge < -0.3 is 15.5 Å². The van der Waals surface area contributed by atoms with Gasteiger partial charge in [0, 0.05) is 11.9 Å². The number of nitrogens with zero attached hydrogens (tertiary/aromatic N) is 1. The van der Waals surface area contributed by atoms with Gasteiger partial charge in [0.15, 0.2) is 0 Å². The first-order valence-corrected chi connectivity index (χ1v) is 5.96. The first-order chi connectivity index (χ1) is 8.87. The van der Waals surface area contributed by atoms with Crippen molar-refractivity contribution in [3.63, 3.8) is 0 Å². The second-order valence-electron chi connectivity index (χ2n) is 5.04. The maximum Gasteiger partial charge on any atom is 0.336 e. The Kier molecular flexibility index (Phi) is 3.40. The Hall–Kier alpha value is -2.14. The van der Waals surface area contributed by atoms with E-state index in [9.17, 15) is 15.0 Å². The molecule has 0 aliphatic carbocycles. The molecule has 0 spiro atoms. The van der Waals surface area contributed by atoms with Gasteiger partial charge in [0.25, 0.3) is 0 Å². The van der Waals surface area contributed by atoms with E-state index < -0.39 is 11.6 Å². The van der Waals surface area contributed by atoms with E-state index in [-0.39, 0.29) is 12.1 Å². The molecule has 0 fully saturated rings. The van der Waals surface area contributed by atoms with Crippen molar-refractivity contribution >= 4 is 22.7 Å². The fraction of sp³-hybridized carbons (Fsp3) is 0.286. The summed E-state index contributed by atoms with van der Waals surface area (Å²) < 4.78 is 0. The van der Waals surface area contributed by atoms with Crippen molar-refractivity contribution in [1.82, 2.24) is 4.98 Å². The quantitative estimate of drug-likeness (QED) is 0.784. The Morgan fingerprint density at radius 1 is 1.37 bits per heavy atom. The van der Waals surface area contributed by atoms with Crippen LogP contribution in [0.25, 0.3) is 10.9 Å². The fourth-order valence-electron chi connectivity index (χ4n) is 1.75. The predicted molar refractivity (Wildman–Crippen MR) is 73.5 cm³/mol. The maximum absolute atomic E-state index is 11.3. The highest BCUT2D eigenvalue weighted by Gasteiger charge is 2.15. The number of nitrogens with one attached hydrogen (secondary N) is 1. The smallest absolute Gasteiger partial charge is 0.336 e. The molecule has 5 nitrogen and oxygen atoms in total. The molecule has 1 aromatic carbocycles. The van der Waals surface area contributed by atoms with Crippen molar-refractivity contribution < 1.29 is 15.0 Å². The van der Waals surface area contributed by atoms with Crippen molar-refractivity contribution in [3.05, 3.63) is 35.9 Å². The number of aromatic carboxylic acids is 1. The number of benzene rings is 1. The average Bonchev–Trinajstić information content (AvgIpc) is 2.34. The average molecular weight is 260 g/mol. The highest BCUT2D eigenvalue weighted by atomic mass is 16.4. The van der Waals surface area contributed by atoms with Crippen LogP contribution in [0.1, 0.15) is 24.2 Å². The fourth-order valence-corrected chi connectivity index (χ4v) is 1.75. The van der Waals surface area contributed by atoms with Crippen LogP contribution in [0.5, 0.6) is 0 Å². The van der Waals surface area contributed by atoms with Gasteiger partial charge in [-0.15, -0.1) is 0 Å². The van der Waals surface area contributed by atoms with Crippen LogP contribution in [0.4, 0.5) is 5.82 Å². The number of pyridine rings is 1. The number of carbonyl (C=O) groups is 1. The summed E-state index contributed by atoms with van der Waals surface area (Å²) in [7, 11) is 0. The number of fused-ring (bicyclic) bond motifs is 1. The van der Waals surface area contributed by atoms with Crippen molar-refractivity contribution in [2.75, 3.05) is 11.9 Å². The summed E-state index contributed by atoms with van der Waals surface area (Å²) in [6.45, 7) is 3.62. The van der Waals surface area contributed by atoms with E-state index in [2.05, 4.69) is 10.3 Å². The van der Waals surface area contributed by atoms with Crippen molar-refractivity contribution in [2.24, 2.45) is 0 Å². The molecule has 3 N–H and O–H groups in total. The van der Waals surface area contributed by atoms with Crippen molar-refractivity contribution in [1.29, 1.82) is 0 Å². The van der Waals surface area contributed by atoms with Crippen LogP contribution in [0.15, 0.2) is 30.3 Å². The lowest BCUT2D eigenvalue weighted by molar-refractivity contribution is 0.0699. The Balaban J connectivity index is 2.44. The zero-order valence-electron chi connectivity index (χ0n) is 10.8. The number of carboxylic acid groups (broad SMARTS) is 1. The number of aromatic nitrogens is 1. The zero-order chi connectivity index (χ0) is 14.0. The molecule has 0 radical (unpaired) electrons. The van der Waals surface area contributed by atoms with Gasteiger partial charge in [-0.3, -0.25) is 0 Å². The number of para-hydroxylation sites is 1. The molecule has 0 saturated carbocycles. The molecule has 0 aliphatic heterocycles. The molecule has 19 heavy (non-hydrogen) atoms. The molecular weight excluding hydrogens is 244 g/mol. The van der Waals surface area contributed by atoms with Crippen molar-refractivity contribution in [3.8, 4) is 0 Å². The van der Waals surface area contributed by atoms with Gasteiger partial charge in [-0.1, -0.05) is 18.2 Å². The molecule has 1 heterocycles. The molecular formula is C14H16N2O3. The van der Waals surface area contributed by atoms with Crippen molar-refractivity contribution in [2.45, 2.75) is 19.4 Å². The van der Waals surface area contributed by atoms with E-state index in [1.54, 1.807) is 38.1 Å². The summed E-state index contributed by atoms with van der Waals surface area (Å²) >= 11 is 0. The molecule has 0 atom stereocenters. The van der Waals surface area contributed by atoms with E-state index >= 15 is 0 Å². The molecule has 0 bridgehead atoms. The highest BCUT2D eigenvalue weighted by molar-refractivity contribution is 6.03. The van der Waals surface area contributed by atoms with E-state index in [0.717, 1.165) is 0 Å². The molecule has 100 valence electrons. The molecule has 1 aromatic heterocycles. The number of hydrogen-bond donors (Lipinski definition) is 3. The Bertz CT molecular complexity index is 618. The summed E-state index contributed by atoms with van der Waals surface area (Å²) in [5.41, 5.74) is -0.0824. The second kappa shape index (κ2) is 4.85. The topological polar surface area (TPSA) is 82.5 Å². The lowest BCUT2D eigenvalue weighted by Crippen LogP contribution is -2.29. The number of rotatable bonds is 4. The molecule has 2 aromatic rings. The molecule has 0 aliphatic rings. The minimum Gasteiger partial charge on any atom is -0.478 e. The van der Waals surface area contributed by atoms with E-state index in [4.69, 9.17) is 0 Å². The first-order valence-electron chi connectivity index (χ1n) is 5.96. The van der Waals surface area contributed by atoms with Crippen LogP contribution in [-0.2, 0) is 0 Å². The molecule has 2 rings (SSSR count). The predicted octanol–water partition coefficient (Wildman–Crippen LogP) is 2.12. The number of aliphatic hydroxyl groups is 1. The summed E-state index contributed by atoms with van der Waals surface area (Å²) in [6.07, 6.45) is 0. The van der Waals surface area contributed by atoms with Crippen LogP contribution in [-0.4, -0.2) is 33.3 Å². The molecule has 0 saturated heterocycles. The minimum atomic E-state index is -0.995. The third kappa shape index (κ3) is 3.20. The van der Waals surface area contributed by atoms with Gasteiger partial charge in [-0.2, -0.15) is 0 Å². The van der Waals surface area contributed by atoms with Crippen LogP contribution in [0, 0.1) is 0 Å². The SMILES string of the molecule is CC(C)(O)CNc1cc(C(=O)O)c2ccccc2n1. The van der Waals surface area contributed by atoms with Gasteiger partial charge in [-0.25, -0.2) is 9.78 Å². The Morgan fingerprint density at radius 2 is 2.05 bits per heavy atom. The number of hydrogen-bond acceptors (Lipinski definition) is 4. The summed E-state index contributed by atoms with van der Waals surface area (Å²) in [6, 6.07) is 8.56. The minimum absolute atomic E-state index is 0.198. The molecule has 0 unspecified atom stereocenters. The number of anilines is 1. The molecule has 0 amide bonds. The van der Waals surface area contributed by atoms with E-state index in [1.807, 2.05) is 0 Å². The monoisotopic (exact) mass is 260 g/mol. The third-order valence-electron chi connectivity index (χ3n) is 2.65. The van der Waals surface area contributed by atoms with Gasteiger partial charge >= 0.3 is 5.97 Å². The zero-order valence-corrected chi connectivity index (χ0v) is 10.8. The summed E-state index contributed by atoms with van der Waals surface area (Å²) in [4.78, 5) is 15.6. The normalized spacial score (nSPS) is 11.5. The lowest BCUT2D eigenvalue weighted by Gasteiger charge is -2.18. The third-order valence-corrected chi connectivity index (χ3v) is 2.65. The Labute approximate surface area is 110 Å². The molecule has 5 heteroatoms. The van der Waals surface area contributed by atoms with E-state index in [0.29, 0.717) is 16.7 Å². The van der Waals surface area contributed by atoms with Gasteiger partial charge in [0.1, 0.15) is 5.82 Å². The maximum atomic E-state index is 11.3.